The lowest BCUT2D eigenvalue weighted by atomic mass is 10.1. The minimum atomic E-state index is -0.853. The van der Waals surface area contributed by atoms with Gasteiger partial charge in [-0.25, -0.2) is 14.8 Å². The fourth-order valence-electron chi connectivity index (χ4n) is 2.82. The Morgan fingerprint density at radius 1 is 1.07 bits per heavy atom. The third-order valence-corrected chi connectivity index (χ3v) is 5.67. The van der Waals surface area contributed by atoms with E-state index in [2.05, 4.69) is 9.97 Å². The van der Waals surface area contributed by atoms with Gasteiger partial charge in [0.1, 0.15) is 10.6 Å². The van der Waals surface area contributed by atoms with Crippen LogP contribution in [-0.2, 0) is 4.84 Å². The summed E-state index contributed by atoms with van der Waals surface area (Å²) in [4.78, 5) is 52.5. The predicted octanol–water partition coefficient (Wildman–Crippen LogP) is 3.60. The zero-order valence-corrected chi connectivity index (χ0v) is 16.5. The summed E-state index contributed by atoms with van der Waals surface area (Å²) >= 11 is 2.75. The van der Waals surface area contributed by atoms with Crippen molar-refractivity contribution in [3.8, 4) is 10.7 Å². The van der Waals surface area contributed by atoms with Gasteiger partial charge >= 0.3 is 5.97 Å². The first-order valence-corrected chi connectivity index (χ1v) is 10.3. The number of aryl methyl sites for hydroxylation is 1. The molecule has 1 aromatic carbocycles. The molecule has 2 aromatic heterocycles. The number of aromatic nitrogens is 2. The van der Waals surface area contributed by atoms with Crippen molar-refractivity contribution in [1.82, 2.24) is 15.0 Å². The number of amides is 2. The van der Waals surface area contributed by atoms with E-state index < -0.39 is 17.8 Å². The highest BCUT2D eigenvalue weighted by Gasteiger charge is 2.39. The summed E-state index contributed by atoms with van der Waals surface area (Å²) in [5.41, 5.74) is 0.937. The summed E-state index contributed by atoms with van der Waals surface area (Å²) in [6.45, 7) is 1.66. The standard InChI is InChI=1S/C19H13N3O4S2/c1-10-14(16(27-2)21-15(20-10)13-8-5-9-28-13)19(25)26-22-17(23)11-6-3-4-7-12(11)18(22)24/h3-9H,1-2H3. The lowest BCUT2D eigenvalue weighted by Crippen LogP contribution is -2.33. The molecule has 28 heavy (non-hydrogen) atoms. The van der Waals surface area contributed by atoms with Gasteiger partial charge in [0.2, 0.25) is 0 Å². The maximum absolute atomic E-state index is 12.8. The van der Waals surface area contributed by atoms with E-state index in [1.54, 1.807) is 25.3 Å². The van der Waals surface area contributed by atoms with Crippen molar-refractivity contribution in [2.45, 2.75) is 11.9 Å². The molecular formula is C19H13N3O4S2. The minimum Gasteiger partial charge on any atom is -0.324 e. The van der Waals surface area contributed by atoms with E-state index in [1.807, 2.05) is 17.5 Å². The summed E-state index contributed by atoms with van der Waals surface area (Å²) < 4.78 is 0. The molecule has 0 bridgehead atoms. The van der Waals surface area contributed by atoms with Crippen molar-refractivity contribution >= 4 is 40.9 Å². The molecule has 0 atom stereocenters. The molecule has 0 N–H and O–H groups in total. The summed E-state index contributed by atoms with van der Waals surface area (Å²) in [5.74, 6) is -1.69. The molecule has 0 saturated carbocycles. The Labute approximate surface area is 168 Å². The highest BCUT2D eigenvalue weighted by molar-refractivity contribution is 7.98. The van der Waals surface area contributed by atoms with Gasteiger partial charge in [-0.05, 0) is 36.8 Å². The molecule has 4 rings (SSSR count). The number of thiophene rings is 1. The number of benzene rings is 1. The molecule has 0 spiro atoms. The first-order chi connectivity index (χ1) is 13.5. The Hall–Kier alpha value is -3.04. The van der Waals surface area contributed by atoms with Gasteiger partial charge in [-0.3, -0.25) is 9.59 Å². The second-order valence-corrected chi connectivity index (χ2v) is 7.57. The lowest BCUT2D eigenvalue weighted by Gasteiger charge is -2.15. The number of carbonyl (C=O) groups is 3. The summed E-state index contributed by atoms with van der Waals surface area (Å²) in [5, 5.41) is 2.82. The molecule has 9 heteroatoms. The van der Waals surface area contributed by atoms with Gasteiger partial charge in [0, 0.05) is 0 Å². The number of hydrogen-bond donors (Lipinski definition) is 0. The number of imide groups is 1. The van der Waals surface area contributed by atoms with E-state index in [1.165, 1.54) is 35.2 Å². The average molecular weight is 411 g/mol. The SMILES string of the molecule is CSc1nc(-c2cccs2)nc(C)c1C(=O)ON1C(=O)c2ccccc2C1=O. The number of hydrogen-bond acceptors (Lipinski definition) is 8. The molecule has 7 nitrogen and oxygen atoms in total. The fraction of sp³-hybridized carbons (Fsp3) is 0.105. The van der Waals surface area contributed by atoms with Crippen LogP contribution in [0.1, 0.15) is 36.8 Å². The second-order valence-electron chi connectivity index (χ2n) is 5.82. The number of fused-ring (bicyclic) bond motifs is 1. The molecule has 0 unspecified atom stereocenters. The van der Waals surface area contributed by atoms with Crippen LogP contribution in [0, 0.1) is 6.92 Å². The minimum absolute atomic E-state index is 0.129. The summed E-state index contributed by atoms with van der Waals surface area (Å²) in [6.07, 6.45) is 1.78. The molecule has 0 aliphatic carbocycles. The van der Waals surface area contributed by atoms with E-state index in [0.29, 0.717) is 21.6 Å². The second kappa shape index (κ2) is 7.17. The maximum Gasteiger partial charge on any atom is 0.368 e. The quantitative estimate of drug-likeness (QED) is 0.368. The Bertz CT molecular complexity index is 1080. The van der Waals surface area contributed by atoms with Gasteiger partial charge in [0.05, 0.1) is 21.7 Å². The van der Waals surface area contributed by atoms with Crippen LogP contribution < -0.4 is 0 Å². The first kappa shape index (κ1) is 18.3. The normalized spacial score (nSPS) is 13.0. The van der Waals surface area contributed by atoms with Gasteiger partial charge < -0.3 is 4.84 Å². The summed E-state index contributed by atoms with van der Waals surface area (Å²) in [6, 6.07) is 10.1. The van der Waals surface area contributed by atoms with Crippen LogP contribution in [0.2, 0.25) is 0 Å². The van der Waals surface area contributed by atoms with Crippen molar-refractivity contribution < 1.29 is 19.2 Å². The van der Waals surface area contributed by atoms with Crippen LogP contribution in [0.15, 0.2) is 46.8 Å². The Morgan fingerprint density at radius 2 is 1.75 bits per heavy atom. The van der Waals surface area contributed by atoms with Crippen molar-refractivity contribution in [3.63, 3.8) is 0 Å². The van der Waals surface area contributed by atoms with Crippen LogP contribution in [-0.4, -0.2) is 39.1 Å². The van der Waals surface area contributed by atoms with Crippen LogP contribution >= 0.6 is 23.1 Å². The average Bonchev–Trinajstić information content (AvgIpc) is 3.31. The molecular weight excluding hydrogens is 398 g/mol. The molecule has 1 aliphatic rings. The van der Waals surface area contributed by atoms with Crippen molar-refractivity contribution in [3.05, 3.63) is 64.2 Å². The topological polar surface area (TPSA) is 89.5 Å². The molecule has 0 saturated heterocycles. The van der Waals surface area contributed by atoms with Gasteiger partial charge in [0.15, 0.2) is 5.82 Å². The number of carbonyl (C=O) groups excluding carboxylic acids is 3. The van der Waals surface area contributed by atoms with Crippen LogP contribution in [0.5, 0.6) is 0 Å². The molecule has 140 valence electrons. The highest BCUT2D eigenvalue weighted by Crippen LogP contribution is 2.29. The molecule has 3 aromatic rings. The molecule has 0 radical (unpaired) electrons. The van der Waals surface area contributed by atoms with Crippen molar-refractivity contribution in [2.75, 3.05) is 6.26 Å². The molecule has 0 fully saturated rings. The van der Waals surface area contributed by atoms with E-state index in [9.17, 15) is 14.4 Å². The van der Waals surface area contributed by atoms with Crippen LogP contribution in [0.3, 0.4) is 0 Å². The van der Waals surface area contributed by atoms with E-state index in [0.717, 1.165) is 4.88 Å². The van der Waals surface area contributed by atoms with Crippen LogP contribution in [0.4, 0.5) is 0 Å². The van der Waals surface area contributed by atoms with Crippen LogP contribution in [0.25, 0.3) is 10.7 Å². The Morgan fingerprint density at radius 3 is 2.32 bits per heavy atom. The third kappa shape index (κ3) is 2.98. The largest absolute Gasteiger partial charge is 0.368 e. The van der Waals surface area contributed by atoms with Crippen molar-refractivity contribution in [2.24, 2.45) is 0 Å². The smallest absolute Gasteiger partial charge is 0.324 e. The van der Waals surface area contributed by atoms with Gasteiger partial charge in [-0.15, -0.1) is 23.1 Å². The van der Waals surface area contributed by atoms with Gasteiger partial charge in [-0.1, -0.05) is 23.3 Å². The molecule has 3 heterocycles. The third-order valence-electron chi connectivity index (χ3n) is 4.13. The van der Waals surface area contributed by atoms with E-state index in [4.69, 9.17) is 4.84 Å². The Kier molecular flexibility index (Phi) is 4.70. The summed E-state index contributed by atoms with van der Waals surface area (Å²) in [7, 11) is 0. The van der Waals surface area contributed by atoms with Gasteiger partial charge in [0.25, 0.3) is 11.8 Å². The fourth-order valence-corrected chi connectivity index (χ4v) is 4.09. The number of hydroxylamine groups is 2. The maximum atomic E-state index is 12.8. The number of thioether (sulfide) groups is 1. The van der Waals surface area contributed by atoms with E-state index >= 15 is 0 Å². The highest BCUT2D eigenvalue weighted by atomic mass is 32.2. The van der Waals surface area contributed by atoms with E-state index in [-0.39, 0.29) is 16.7 Å². The Balaban J connectivity index is 1.66. The molecule has 1 aliphatic heterocycles. The number of rotatable bonds is 4. The predicted molar refractivity (Wildman–Crippen MR) is 104 cm³/mol. The van der Waals surface area contributed by atoms with Crippen molar-refractivity contribution in [1.29, 1.82) is 0 Å². The first-order valence-electron chi connectivity index (χ1n) is 8.18. The zero-order valence-electron chi connectivity index (χ0n) is 14.8. The molecule has 2 amide bonds. The van der Waals surface area contributed by atoms with Gasteiger partial charge in [-0.2, -0.15) is 0 Å². The zero-order chi connectivity index (χ0) is 19.8. The lowest BCUT2D eigenvalue weighted by molar-refractivity contribution is -0.0588. The monoisotopic (exact) mass is 411 g/mol. The number of nitrogens with zero attached hydrogens (tertiary/aromatic N) is 3.